The van der Waals surface area contributed by atoms with Gasteiger partial charge in [-0.3, -0.25) is 19.8 Å². The molecule has 1 saturated heterocycles. The van der Waals surface area contributed by atoms with E-state index >= 15 is 0 Å². The third kappa shape index (κ3) is 3.61. The Morgan fingerprint density at radius 2 is 1.81 bits per heavy atom. The Kier molecular flexibility index (Phi) is 5.06. The van der Waals surface area contributed by atoms with E-state index in [0.717, 1.165) is 11.3 Å². The molecule has 5 nitrogen and oxygen atoms in total. The van der Waals surface area contributed by atoms with Gasteiger partial charge in [0.2, 0.25) is 0 Å². The molecule has 0 radical (unpaired) electrons. The van der Waals surface area contributed by atoms with Gasteiger partial charge in [0, 0.05) is 24.8 Å². The molecule has 7 heteroatoms. The molecule has 1 heterocycles. The number of nitrogens with zero attached hydrogens (tertiary/aromatic N) is 2. The summed E-state index contributed by atoms with van der Waals surface area (Å²) in [6, 6.07) is 14.3. The normalized spacial score (nSPS) is 16.0. The average molecular weight is 386 g/mol. The number of hydrogen-bond acceptors (Lipinski definition) is 4. The highest BCUT2D eigenvalue weighted by molar-refractivity contribution is 7.80. The number of carbonyl (C=O) groups excluding carboxylic acids is 2. The van der Waals surface area contributed by atoms with Gasteiger partial charge in [-0.1, -0.05) is 29.8 Å². The molecule has 0 aromatic heterocycles. The second kappa shape index (κ2) is 7.27. The van der Waals surface area contributed by atoms with Crippen LogP contribution in [0.3, 0.4) is 0 Å². The van der Waals surface area contributed by atoms with E-state index in [2.05, 4.69) is 5.32 Å². The molecular formula is C19H16ClN3O2S. The number of carbonyl (C=O) groups is 2. The van der Waals surface area contributed by atoms with Gasteiger partial charge < -0.3 is 4.90 Å². The van der Waals surface area contributed by atoms with Crippen LogP contribution in [0.5, 0.6) is 0 Å². The van der Waals surface area contributed by atoms with Crippen molar-refractivity contribution in [3.8, 4) is 0 Å². The summed E-state index contributed by atoms with van der Waals surface area (Å²) in [5.41, 5.74) is 2.28. The molecule has 0 saturated carbocycles. The fraction of sp³-hybridized carbons (Fsp3) is 0.105. The maximum absolute atomic E-state index is 12.9. The van der Waals surface area contributed by atoms with Crippen LogP contribution in [0.1, 0.15) is 5.56 Å². The van der Waals surface area contributed by atoms with Crippen LogP contribution < -0.4 is 15.1 Å². The Balaban J connectivity index is 1.97. The predicted molar refractivity (Wildman–Crippen MR) is 108 cm³/mol. The molecule has 0 aliphatic carbocycles. The summed E-state index contributed by atoms with van der Waals surface area (Å²) >= 11 is 11.2. The molecule has 3 rings (SSSR count). The zero-order valence-electron chi connectivity index (χ0n) is 14.2. The molecule has 2 aromatic rings. The maximum atomic E-state index is 12.9. The first-order chi connectivity index (χ1) is 12.4. The first-order valence-electron chi connectivity index (χ1n) is 7.81. The minimum absolute atomic E-state index is 0.0104. The zero-order valence-corrected chi connectivity index (χ0v) is 15.8. The molecular weight excluding hydrogens is 370 g/mol. The van der Waals surface area contributed by atoms with Crippen molar-refractivity contribution in [2.24, 2.45) is 0 Å². The summed E-state index contributed by atoms with van der Waals surface area (Å²) in [4.78, 5) is 28.4. The van der Waals surface area contributed by atoms with Crippen molar-refractivity contribution in [1.29, 1.82) is 0 Å². The van der Waals surface area contributed by atoms with E-state index < -0.39 is 11.8 Å². The maximum Gasteiger partial charge on any atom is 0.270 e. The van der Waals surface area contributed by atoms with Crippen molar-refractivity contribution < 1.29 is 9.59 Å². The van der Waals surface area contributed by atoms with Gasteiger partial charge in [-0.2, -0.15) is 0 Å². The summed E-state index contributed by atoms with van der Waals surface area (Å²) in [5.74, 6) is -1.01. The van der Waals surface area contributed by atoms with Crippen molar-refractivity contribution in [3.05, 3.63) is 64.7 Å². The van der Waals surface area contributed by atoms with Gasteiger partial charge in [0.05, 0.1) is 5.69 Å². The molecule has 0 spiro atoms. The van der Waals surface area contributed by atoms with Crippen molar-refractivity contribution in [2.75, 3.05) is 23.9 Å². The smallest absolute Gasteiger partial charge is 0.270 e. The van der Waals surface area contributed by atoms with Crippen LogP contribution in [-0.2, 0) is 9.59 Å². The van der Waals surface area contributed by atoms with Gasteiger partial charge in [0.15, 0.2) is 5.11 Å². The summed E-state index contributed by atoms with van der Waals surface area (Å²) in [5, 5.41) is 3.06. The van der Waals surface area contributed by atoms with Crippen LogP contribution in [-0.4, -0.2) is 31.0 Å². The Bertz CT molecular complexity index is 923. The molecule has 132 valence electrons. The lowest BCUT2D eigenvalue weighted by Gasteiger charge is -2.29. The molecule has 0 unspecified atom stereocenters. The van der Waals surface area contributed by atoms with Crippen LogP contribution in [0, 0.1) is 0 Å². The third-order valence-electron chi connectivity index (χ3n) is 3.89. The largest absolute Gasteiger partial charge is 0.378 e. The van der Waals surface area contributed by atoms with Crippen molar-refractivity contribution >= 4 is 58.2 Å². The van der Waals surface area contributed by atoms with E-state index in [1.54, 1.807) is 30.3 Å². The molecule has 1 fully saturated rings. The van der Waals surface area contributed by atoms with Gasteiger partial charge in [-0.25, -0.2) is 0 Å². The lowest BCUT2D eigenvalue weighted by Crippen LogP contribution is -2.54. The summed E-state index contributed by atoms with van der Waals surface area (Å²) < 4.78 is 0. The van der Waals surface area contributed by atoms with Gasteiger partial charge in [0.25, 0.3) is 11.8 Å². The van der Waals surface area contributed by atoms with Gasteiger partial charge in [-0.15, -0.1) is 0 Å². The number of benzene rings is 2. The van der Waals surface area contributed by atoms with Gasteiger partial charge in [-0.05, 0) is 54.2 Å². The first kappa shape index (κ1) is 18.1. The summed E-state index contributed by atoms with van der Waals surface area (Å²) in [7, 11) is 3.88. The highest BCUT2D eigenvalue weighted by Crippen LogP contribution is 2.25. The van der Waals surface area contributed by atoms with Crippen LogP contribution >= 0.6 is 23.8 Å². The molecule has 1 aliphatic heterocycles. The van der Waals surface area contributed by atoms with Crippen molar-refractivity contribution in [1.82, 2.24) is 5.32 Å². The number of amides is 2. The third-order valence-corrected chi connectivity index (χ3v) is 4.41. The fourth-order valence-corrected chi connectivity index (χ4v) is 3.01. The Morgan fingerprint density at radius 1 is 1.12 bits per heavy atom. The van der Waals surface area contributed by atoms with Crippen LogP contribution in [0.4, 0.5) is 11.4 Å². The summed E-state index contributed by atoms with van der Waals surface area (Å²) in [6.45, 7) is 0. The molecule has 2 aromatic carbocycles. The Morgan fingerprint density at radius 3 is 2.42 bits per heavy atom. The zero-order chi connectivity index (χ0) is 18.8. The molecule has 26 heavy (non-hydrogen) atoms. The second-order valence-electron chi connectivity index (χ2n) is 5.92. The van der Waals surface area contributed by atoms with E-state index in [0.29, 0.717) is 10.7 Å². The molecule has 0 bridgehead atoms. The molecule has 0 atom stereocenters. The number of hydrogen-bond donors (Lipinski definition) is 1. The second-order valence-corrected chi connectivity index (χ2v) is 6.75. The summed E-state index contributed by atoms with van der Waals surface area (Å²) in [6.07, 6.45) is 1.55. The number of rotatable bonds is 3. The lowest BCUT2D eigenvalue weighted by molar-refractivity contribution is -0.122. The van der Waals surface area contributed by atoms with E-state index in [4.69, 9.17) is 23.8 Å². The highest BCUT2D eigenvalue weighted by atomic mass is 35.5. The SMILES string of the molecule is CN(C)c1ccc(C=C2C(=O)NC(=S)N(c3cccc(Cl)c3)C2=O)cc1. The monoisotopic (exact) mass is 385 g/mol. The van der Waals surface area contributed by atoms with E-state index in [1.165, 1.54) is 4.90 Å². The number of halogens is 1. The number of nitrogens with one attached hydrogen (secondary N) is 1. The Hall–Kier alpha value is -2.70. The average Bonchev–Trinajstić information content (AvgIpc) is 2.59. The fourth-order valence-electron chi connectivity index (χ4n) is 2.54. The van der Waals surface area contributed by atoms with E-state index in [1.807, 2.05) is 43.3 Å². The van der Waals surface area contributed by atoms with Crippen LogP contribution in [0.2, 0.25) is 5.02 Å². The molecule has 2 amide bonds. The minimum Gasteiger partial charge on any atom is -0.378 e. The van der Waals surface area contributed by atoms with E-state index in [9.17, 15) is 9.59 Å². The van der Waals surface area contributed by atoms with Crippen LogP contribution in [0.15, 0.2) is 54.1 Å². The topological polar surface area (TPSA) is 52.7 Å². The van der Waals surface area contributed by atoms with Gasteiger partial charge >= 0.3 is 0 Å². The number of thiocarbonyl (C=S) groups is 1. The minimum atomic E-state index is -0.519. The Labute approximate surface area is 161 Å². The number of anilines is 2. The van der Waals surface area contributed by atoms with E-state index in [-0.39, 0.29) is 10.7 Å². The van der Waals surface area contributed by atoms with Crippen LogP contribution in [0.25, 0.3) is 6.08 Å². The highest BCUT2D eigenvalue weighted by Gasteiger charge is 2.34. The van der Waals surface area contributed by atoms with Crippen molar-refractivity contribution in [3.63, 3.8) is 0 Å². The van der Waals surface area contributed by atoms with Crippen molar-refractivity contribution in [2.45, 2.75) is 0 Å². The molecule has 1 N–H and O–H groups in total. The quantitative estimate of drug-likeness (QED) is 0.500. The first-order valence-corrected chi connectivity index (χ1v) is 8.60. The van der Waals surface area contributed by atoms with Gasteiger partial charge in [0.1, 0.15) is 5.57 Å². The standard InChI is InChI=1S/C19H16ClN3O2S/c1-22(2)14-8-6-12(7-9-14)10-16-17(24)21-19(26)23(18(16)25)15-5-3-4-13(20)11-15/h3-11H,1-2H3,(H,21,24,26). The predicted octanol–water partition coefficient (Wildman–Crippen LogP) is 3.24. The molecule has 1 aliphatic rings. The lowest BCUT2D eigenvalue weighted by atomic mass is 10.1.